The summed E-state index contributed by atoms with van der Waals surface area (Å²) < 4.78 is 0. The molecule has 1 aromatic rings. The van der Waals surface area contributed by atoms with Crippen molar-refractivity contribution in [1.82, 2.24) is 0 Å². The summed E-state index contributed by atoms with van der Waals surface area (Å²) in [5.74, 6) is -2.29. The van der Waals surface area contributed by atoms with Crippen molar-refractivity contribution in [3.8, 4) is 0 Å². The lowest BCUT2D eigenvalue weighted by atomic mass is 9.96. The average molecular weight is 241 g/mol. The van der Waals surface area contributed by atoms with Crippen molar-refractivity contribution in [2.45, 2.75) is 19.8 Å². The van der Waals surface area contributed by atoms with Crippen LogP contribution in [-0.4, -0.2) is 16.9 Å². The Labute approximate surface area is 99.0 Å². The number of carbonyl (C=O) groups excluding carboxylic acids is 1. The minimum Gasteiger partial charge on any atom is -0.481 e. The van der Waals surface area contributed by atoms with Crippen molar-refractivity contribution in [2.24, 2.45) is 5.92 Å². The van der Waals surface area contributed by atoms with Gasteiger partial charge in [-0.2, -0.15) is 0 Å². The number of carboxylic acid groups (broad SMARTS) is 1. The number of aryl methyl sites for hydroxylation is 1. The number of rotatable bonds is 5. The summed E-state index contributed by atoms with van der Waals surface area (Å²) in [7, 11) is 0. The van der Waals surface area contributed by atoms with Gasteiger partial charge in [0.2, 0.25) is 0 Å². The second kappa shape index (κ2) is 5.66. The first-order valence-electron chi connectivity index (χ1n) is 4.98. The summed E-state index contributed by atoms with van der Waals surface area (Å²) in [6, 6.07) is 7.21. The SMILES string of the molecule is CC(=O)C(CCc1cccc(Cl)c1)C(=O)O. The van der Waals surface area contributed by atoms with Crippen LogP contribution in [0.1, 0.15) is 18.9 Å². The van der Waals surface area contributed by atoms with Crippen molar-refractivity contribution >= 4 is 23.4 Å². The summed E-state index contributed by atoms with van der Waals surface area (Å²) in [5, 5.41) is 9.45. The number of carbonyl (C=O) groups is 2. The first kappa shape index (κ1) is 12.7. The van der Waals surface area contributed by atoms with Gasteiger partial charge in [0.15, 0.2) is 0 Å². The van der Waals surface area contributed by atoms with Gasteiger partial charge < -0.3 is 5.11 Å². The molecule has 0 aliphatic rings. The highest BCUT2D eigenvalue weighted by Crippen LogP contribution is 2.15. The van der Waals surface area contributed by atoms with Crippen LogP contribution in [0.2, 0.25) is 5.02 Å². The fourth-order valence-corrected chi connectivity index (χ4v) is 1.72. The molecule has 16 heavy (non-hydrogen) atoms. The molecule has 1 N–H and O–H groups in total. The summed E-state index contributed by atoms with van der Waals surface area (Å²) in [6.07, 6.45) is 0.849. The Balaban J connectivity index is 2.62. The van der Waals surface area contributed by atoms with Gasteiger partial charge in [-0.3, -0.25) is 9.59 Å². The molecular weight excluding hydrogens is 228 g/mol. The van der Waals surface area contributed by atoms with Crippen LogP contribution in [0, 0.1) is 5.92 Å². The third-order valence-corrected chi connectivity index (χ3v) is 2.63. The normalized spacial score (nSPS) is 12.1. The summed E-state index contributed by atoms with van der Waals surface area (Å²) in [4.78, 5) is 21.8. The standard InChI is InChI=1S/C12H13ClO3/c1-8(14)11(12(15)16)6-5-9-3-2-4-10(13)7-9/h2-4,7,11H,5-6H2,1H3,(H,15,16). The minimum absolute atomic E-state index is 0.311. The van der Waals surface area contributed by atoms with Crippen molar-refractivity contribution in [2.75, 3.05) is 0 Å². The van der Waals surface area contributed by atoms with E-state index >= 15 is 0 Å². The van der Waals surface area contributed by atoms with E-state index in [-0.39, 0.29) is 5.78 Å². The number of aliphatic carboxylic acids is 1. The van der Waals surface area contributed by atoms with Crippen molar-refractivity contribution in [1.29, 1.82) is 0 Å². The van der Waals surface area contributed by atoms with Crippen LogP contribution in [-0.2, 0) is 16.0 Å². The number of hydrogen-bond acceptors (Lipinski definition) is 2. The maximum Gasteiger partial charge on any atom is 0.314 e. The van der Waals surface area contributed by atoms with Crippen LogP contribution < -0.4 is 0 Å². The molecule has 0 aliphatic carbocycles. The smallest absolute Gasteiger partial charge is 0.314 e. The van der Waals surface area contributed by atoms with Crippen molar-refractivity contribution < 1.29 is 14.7 Å². The van der Waals surface area contributed by atoms with Gasteiger partial charge in [-0.15, -0.1) is 0 Å². The quantitative estimate of drug-likeness (QED) is 0.805. The predicted octanol–water partition coefficient (Wildman–Crippen LogP) is 2.56. The van der Waals surface area contributed by atoms with Gasteiger partial charge in [0.05, 0.1) is 0 Å². The molecule has 4 heteroatoms. The van der Waals surface area contributed by atoms with Crippen LogP contribution in [0.3, 0.4) is 0 Å². The Hall–Kier alpha value is -1.35. The van der Waals surface area contributed by atoms with Crippen molar-refractivity contribution in [3.63, 3.8) is 0 Å². The van der Waals surface area contributed by atoms with Crippen LogP contribution >= 0.6 is 11.6 Å². The number of benzene rings is 1. The van der Waals surface area contributed by atoms with Gasteiger partial charge >= 0.3 is 5.97 Å². The molecule has 1 unspecified atom stereocenters. The molecule has 0 fully saturated rings. The molecule has 0 radical (unpaired) electrons. The molecule has 1 atom stereocenters. The first-order valence-corrected chi connectivity index (χ1v) is 5.36. The van der Waals surface area contributed by atoms with Gasteiger partial charge in [-0.05, 0) is 37.5 Å². The van der Waals surface area contributed by atoms with Gasteiger partial charge in [0.25, 0.3) is 0 Å². The molecule has 0 amide bonds. The number of halogens is 1. The highest BCUT2D eigenvalue weighted by molar-refractivity contribution is 6.30. The highest BCUT2D eigenvalue weighted by atomic mass is 35.5. The molecule has 0 saturated heterocycles. The molecule has 0 heterocycles. The minimum atomic E-state index is -1.06. The predicted molar refractivity (Wildman–Crippen MR) is 61.6 cm³/mol. The molecule has 86 valence electrons. The Bertz CT molecular complexity index is 387. The summed E-state index contributed by atoms with van der Waals surface area (Å²) >= 11 is 5.80. The number of carboxylic acids is 1. The highest BCUT2D eigenvalue weighted by Gasteiger charge is 2.21. The lowest BCUT2D eigenvalue weighted by Gasteiger charge is -2.08. The lowest BCUT2D eigenvalue weighted by molar-refractivity contribution is -0.145. The molecule has 1 aromatic carbocycles. The molecule has 3 nitrogen and oxygen atoms in total. The van der Waals surface area contributed by atoms with Crippen molar-refractivity contribution in [3.05, 3.63) is 34.9 Å². The summed E-state index contributed by atoms with van der Waals surface area (Å²) in [5.41, 5.74) is 0.944. The van der Waals surface area contributed by atoms with E-state index < -0.39 is 11.9 Å². The molecule has 1 rings (SSSR count). The van der Waals surface area contributed by atoms with E-state index in [4.69, 9.17) is 16.7 Å². The largest absolute Gasteiger partial charge is 0.481 e. The Morgan fingerprint density at radius 1 is 1.44 bits per heavy atom. The van der Waals surface area contributed by atoms with Crippen LogP contribution in [0.5, 0.6) is 0 Å². The zero-order valence-electron chi connectivity index (χ0n) is 8.94. The van der Waals surface area contributed by atoms with E-state index in [1.165, 1.54) is 6.92 Å². The fourth-order valence-electron chi connectivity index (χ4n) is 1.50. The van der Waals surface area contributed by atoms with Gasteiger partial charge in [0, 0.05) is 5.02 Å². The van der Waals surface area contributed by atoms with E-state index in [0.717, 1.165) is 5.56 Å². The molecule has 0 spiro atoms. The van der Waals surface area contributed by atoms with E-state index in [9.17, 15) is 9.59 Å². The molecule has 0 aliphatic heterocycles. The fraction of sp³-hybridized carbons (Fsp3) is 0.333. The number of ketones is 1. The summed E-state index contributed by atoms with van der Waals surface area (Å²) in [6.45, 7) is 1.30. The monoisotopic (exact) mass is 240 g/mol. The zero-order chi connectivity index (χ0) is 12.1. The van der Waals surface area contributed by atoms with E-state index in [0.29, 0.717) is 17.9 Å². The maximum atomic E-state index is 11.1. The Morgan fingerprint density at radius 2 is 2.12 bits per heavy atom. The zero-order valence-corrected chi connectivity index (χ0v) is 9.70. The third kappa shape index (κ3) is 3.66. The molecule has 0 aromatic heterocycles. The second-order valence-corrected chi connectivity index (χ2v) is 4.11. The second-order valence-electron chi connectivity index (χ2n) is 3.67. The topological polar surface area (TPSA) is 54.4 Å². The maximum absolute atomic E-state index is 11.1. The van der Waals surface area contributed by atoms with Gasteiger partial charge in [-0.1, -0.05) is 23.7 Å². The molecule has 0 bridgehead atoms. The van der Waals surface area contributed by atoms with Crippen LogP contribution in [0.4, 0.5) is 0 Å². The Kier molecular flexibility index (Phi) is 4.50. The van der Waals surface area contributed by atoms with E-state index in [1.807, 2.05) is 6.07 Å². The van der Waals surface area contributed by atoms with E-state index in [1.54, 1.807) is 18.2 Å². The Morgan fingerprint density at radius 3 is 2.62 bits per heavy atom. The van der Waals surface area contributed by atoms with Crippen LogP contribution in [0.15, 0.2) is 24.3 Å². The first-order chi connectivity index (χ1) is 7.50. The molecule has 0 saturated carbocycles. The van der Waals surface area contributed by atoms with Gasteiger partial charge in [0.1, 0.15) is 11.7 Å². The number of Topliss-reactive ketones (excluding diaryl/α,β-unsaturated/α-hetero) is 1. The third-order valence-electron chi connectivity index (χ3n) is 2.40. The van der Waals surface area contributed by atoms with Gasteiger partial charge in [-0.25, -0.2) is 0 Å². The lowest BCUT2D eigenvalue weighted by Crippen LogP contribution is -2.22. The molecular formula is C12H13ClO3. The number of hydrogen-bond donors (Lipinski definition) is 1. The average Bonchev–Trinajstić information content (AvgIpc) is 2.16. The van der Waals surface area contributed by atoms with E-state index in [2.05, 4.69) is 0 Å². The van der Waals surface area contributed by atoms with Crippen LogP contribution in [0.25, 0.3) is 0 Å².